The lowest BCUT2D eigenvalue weighted by Gasteiger charge is -2.31. The Labute approximate surface area is 167 Å². The molecule has 0 atom stereocenters. The molecule has 3 rings (SSSR count). The number of rotatable bonds is 5. The number of benzene rings is 1. The van der Waals surface area contributed by atoms with Crippen LogP contribution in [0.3, 0.4) is 0 Å². The molecule has 27 heavy (non-hydrogen) atoms. The fraction of sp³-hybridized carbons (Fsp3) is 0.350. The van der Waals surface area contributed by atoms with Crippen molar-refractivity contribution in [1.82, 2.24) is 15.2 Å². The van der Waals surface area contributed by atoms with Gasteiger partial charge in [-0.3, -0.25) is 9.78 Å². The van der Waals surface area contributed by atoms with Crippen LogP contribution in [-0.4, -0.2) is 41.5 Å². The summed E-state index contributed by atoms with van der Waals surface area (Å²) in [6.07, 6.45) is 4.60. The monoisotopic (exact) mass is 431 g/mol. The summed E-state index contributed by atoms with van der Waals surface area (Å²) in [5.74, 6) is 0.223. The van der Waals surface area contributed by atoms with Crippen molar-refractivity contribution in [1.29, 1.82) is 0 Å². The molecule has 0 radical (unpaired) electrons. The molecule has 0 unspecified atom stereocenters. The van der Waals surface area contributed by atoms with E-state index >= 15 is 0 Å². The predicted octanol–water partition coefficient (Wildman–Crippen LogP) is 3.62. The third-order valence-corrected chi connectivity index (χ3v) is 5.03. The summed E-state index contributed by atoms with van der Waals surface area (Å²) >= 11 is 3.31. The van der Waals surface area contributed by atoms with Gasteiger partial charge in [-0.2, -0.15) is 0 Å². The molecule has 2 aromatic rings. The molecular formula is C20H22BrN3O3. The van der Waals surface area contributed by atoms with Crippen molar-refractivity contribution >= 4 is 27.9 Å². The molecule has 6 nitrogen and oxygen atoms in total. The van der Waals surface area contributed by atoms with Gasteiger partial charge in [-0.05, 0) is 46.3 Å². The molecule has 0 saturated carbocycles. The summed E-state index contributed by atoms with van der Waals surface area (Å²) in [6.45, 7) is 2.17. The van der Waals surface area contributed by atoms with E-state index < -0.39 is 0 Å². The maximum atomic E-state index is 12.2. The highest BCUT2D eigenvalue weighted by molar-refractivity contribution is 9.10. The fourth-order valence-corrected chi connectivity index (χ4v) is 3.37. The number of likely N-dealkylation sites (tertiary alicyclic amines) is 1. The first-order chi connectivity index (χ1) is 13.1. The molecule has 7 heteroatoms. The summed E-state index contributed by atoms with van der Waals surface area (Å²) in [5.41, 5.74) is 1.51. The van der Waals surface area contributed by atoms with Gasteiger partial charge in [0.15, 0.2) is 0 Å². The van der Waals surface area contributed by atoms with Crippen LogP contribution < -0.4 is 5.32 Å². The molecule has 1 saturated heterocycles. The van der Waals surface area contributed by atoms with Crippen LogP contribution in [0, 0.1) is 5.92 Å². The second-order valence-electron chi connectivity index (χ2n) is 6.57. The van der Waals surface area contributed by atoms with Crippen molar-refractivity contribution in [3.63, 3.8) is 0 Å². The zero-order valence-corrected chi connectivity index (χ0v) is 16.5. The van der Waals surface area contributed by atoms with Crippen LogP contribution in [-0.2, 0) is 11.3 Å². The number of carbonyl (C=O) groups excluding carboxylic acids is 2. The highest BCUT2D eigenvalue weighted by Gasteiger charge is 2.24. The number of nitrogens with one attached hydrogen (secondary N) is 1. The van der Waals surface area contributed by atoms with Gasteiger partial charge in [0.1, 0.15) is 6.61 Å². The number of amides is 2. The second kappa shape index (κ2) is 9.50. The third-order valence-electron chi connectivity index (χ3n) is 4.60. The lowest BCUT2D eigenvalue weighted by molar-refractivity contribution is 0.0800. The first kappa shape index (κ1) is 19.4. The molecule has 1 aromatic heterocycles. The average Bonchev–Trinajstić information content (AvgIpc) is 2.71. The van der Waals surface area contributed by atoms with Crippen LogP contribution in [0.1, 0.15) is 28.8 Å². The first-order valence-electron chi connectivity index (χ1n) is 8.96. The Morgan fingerprint density at radius 3 is 2.63 bits per heavy atom. The Hall–Kier alpha value is -2.41. The summed E-state index contributed by atoms with van der Waals surface area (Å²) < 4.78 is 6.15. The van der Waals surface area contributed by atoms with Gasteiger partial charge >= 0.3 is 6.09 Å². The van der Waals surface area contributed by atoms with Gasteiger partial charge in [0.05, 0.1) is 5.56 Å². The van der Waals surface area contributed by atoms with E-state index in [1.165, 1.54) is 0 Å². The van der Waals surface area contributed by atoms with Gasteiger partial charge in [0, 0.05) is 36.5 Å². The van der Waals surface area contributed by atoms with Crippen molar-refractivity contribution in [2.24, 2.45) is 5.92 Å². The number of carbonyl (C=O) groups is 2. The van der Waals surface area contributed by atoms with E-state index in [4.69, 9.17) is 4.74 Å². The van der Waals surface area contributed by atoms with Crippen LogP contribution in [0.15, 0.2) is 53.3 Å². The summed E-state index contributed by atoms with van der Waals surface area (Å²) in [4.78, 5) is 30.1. The van der Waals surface area contributed by atoms with Crippen LogP contribution >= 0.6 is 15.9 Å². The van der Waals surface area contributed by atoms with E-state index in [9.17, 15) is 9.59 Å². The number of hydrogen-bond donors (Lipinski definition) is 1. The zero-order chi connectivity index (χ0) is 19.1. The summed E-state index contributed by atoms with van der Waals surface area (Å²) in [6, 6.07) is 11.4. The van der Waals surface area contributed by atoms with Crippen LogP contribution in [0.25, 0.3) is 0 Å². The lowest BCUT2D eigenvalue weighted by atomic mass is 9.97. The maximum Gasteiger partial charge on any atom is 0.410 e. The van der Waals surface area contributed by atoms with Crippen molar-refractivity contribution in [3.05, 3.63) is 64.4 Å². The van der Waals surface area contributed by atoms with Crippen molar-refractivity contribution < 1.29 is 14.3 Å². The van der Waals surface area contributed by atoms with Crippen molar-refractivity contribution in [2.45, 2.75) is 19.4 Å². The first-order valence-corrected chi connectivity index (χ1v) is 9.75. The van der Waals surface area contributed by atoms with E-state index in [1.807, 2.05) is 30.3 Å². The van der Waals surface area contributed by atoms with E-state index in [1.54, 1.807) is 23.4 Å². The molecule has 2 heterocycles. The summed E-state index contributed by atoms with van der Waals surface area (Å²) in [7, 11) is 0. The van der Waals surface area contributed by atoms with Crippen LogP contribution in [0.4, 0.5) is 4.79 Å². The highest BCUT2D eigenvalue weighted by atomic mass is 79.9. The Bertz CT molecular complexity index is 777. The molecule has 1 fully saturated rings. The van der Waals surface area contributed by atoms with Gasteiger partial charge in [0.2, 0.25) is 0 Å². The third kappa shape index (κ3) is 5.79. The van der Waals surface area contributed by atoms with E-state index in [2.05, 4.69) is 26.2 Å². The van der Waals surface area contributed by atoms with Crippen LogP contribution in [0.2, 0.25) is 0 Å². The highest BCUT2D eigenvalue weighted by Crippen LogP contribution is 2.18. The Morgan fingerprint density at radius 1 is 1.19 bits per heavy atom. The molecule has 1 aliphatic rings. The molecule has 2 amide bonds. The largest absolute Gasteiger partial charge is 0.445 e. The van der Waals surface area contributed by atoms with Gasteiger partial charge in [-0.15, -0.1) is 0 Å². The Balaban J connectivity index is 1.38. The van der Waals surface area contributed by atoms with E-state index in [0.717, 1.165) is 22.9 Å². The minimum absolute atomic E-state index is 0.131. The Kier molecular flexibility index (Phi) is 6.81. The number of pyridine rings is 1. The number of nitrogens with zero attached hydrogens (tertiary/aromatic N) is 2. The number of ether oxygens (including phenoxy) is 1. The normalized spacial score (nSPS) is 14.6. The lowest BCUT2D eigenvalue weighted by Crippen LogP contribution is -2.41. The van der Waals surface area contributed by atoms with E-state index in [-0.39, 0.29) is 18.6 Å². The van der Waals surface area contributed by atoms with E-state index in [0.29, 0.717) is 31.1 Å². The molecule has 1 aromatic carbocycles. The van der Waals surface area contributed by atoms with Gasteiger partial charge in [0.25, 0.3) is 5.91 Å². The van der Waals surface area contributed by atoms with Gasteiger partial charge in [-0.1, -0.05) is 30.3 Å². The van der Waals surface area contributed by atoms with Crippen molar-refractivity contribution in [3.8, 4) is 0 Å². The topological polar surface area (TPSA) is 71.5 Å². The second-order valence-corrected chi connectivity index (χ2v) is 7.49. The SMILES string of the molecule is O=C(NCC1CCN(C(=O)OCc2ccccc2)CC1)c1cncc(Br)c1. The van der Waals surface area contributed by atoms with Crippen molar-refractivity contribution in [2.75, 3.05) is 19.6 Å². The number of aromatic nitrogens is 1. The van der Waals surface area contributed by atoms with Crippen LogP contribution in [0.5, 0.6) is 0 Å². The number of halogens is 1. The predicted molar refractivity (Wildman–Crippen MR) is 105 cm³/mol. The fourth-order valence-electron chi connectivity index (χ4n) is 3.01. The molecule has 0 spiro atoms. The quantitative estimate of drug-likeness (QED) is 0.784. The average molecular weight is 432 g/mol. The Morgan fingerprint density at radius 2 is 1.93 bits per heavy atom. The smallest absolute Gasteiger partial charge is 0.410 e. The molecule has 0 bridgehead atoms. The zero-order valence-electron chi connectivity index (χ0n) is 14.9. The number of piperidine rings is 1. The molecule has 142 valence electrons. The maximum absolute atomic E-state index is 12.2. The van der Waals surface area contributed by atoms with Gasteiger partial charge < -0.3 is 15.0 Å². The summed E-state index contributed by atoms with van der Waals surface area (Å²) in [5, 5.41) is 2.95. The van der Waals surface area contributed by atoms with Gasteiger partial charge in [-0.25, -0.2) is 4.79 Å². The number of hydrogen-bond acceptors (Lipinski definition) is 4. The minimum atomic E-state index is -0.276. The molecule has 0 aliphatic carbocycles. The molecule has 1 N–H and O–H groups in total. The minimum Gasteiger partial charge on any atom is -0.445 e. The molecule has 1 aliphatic heterocycles. The molecular weight excluding hydrogens is 410 g/mol. The standard InChI is InChI=1S/C20H22BrN3O3/c21-18-10-17(12-22-13-18)19(25)23-11-15-6-8-24(9-7-15)20(26)27-14-16-4-2-1-3-5-16/h1-5,10,12-13,15H,6-9,11,14H2,(H,23,25).